The molecule has 228 valence electrons. The van der Waals surface area contributed by atoms with Crippen molar-refractivity contribution >= 4 is 45.4 Å². The lowest BCUT2D eigenvalue weighted by molar-refractivity contribution is 0.180. The van der Waals surface area contributed by atoms with Gasteiger partial charge in [0.2, 0.25) is 0 Å². The Kier molecular flexibility index (Phi) is 10.0. The Morgan fingerprint density at radius 2 is 0.889 bits per heavy atom. The smallest absolute Gasteiger partial charge is 0.0713 e. The number of methoxy groups -OCH3 is 4. The van der Waals surface area contributed by atoms with Crippen molar-refractivity contribution in [1.29, 1.82) is 0 Å². The number of ether oxygens (including phenoxy) is 4. The second kappa shape index (κ2) is 14.5. The summed E-state index contributed by atoms with van der Waals surface area (Å²) in [5, 5.41) is 8.74. The Labute approximate surface area is 267 Å². The minimum absolute atomic E-state index is 0.528. The minimum atomic E-state index is -1.05. The molecule has 0 saturated heterocycles. The van der Waals surface area contributed by atoms with Crippen molar-refractivity contribution in [2.75, 3.05) is 28.4 Å². The second-order valence-electron chi connectivity index (χ2n) is 11.3. The number of hydrogen-bond acceptors (Lipinski definition) is 4. The molecule has 45 heavy (non-hydrogen) atoms. The molecule has 0 atom stereocenters. The lowest BCUT2D eigenvalue weighted by atomic mass is 9.94. The zero-order valence-corrected chi connectivity index (χ0v) is 27.3. The van der Waals surface area contributed by atoms with Gasteiger partial charge >= 0.3 is 0 Å². The summed E-state index contributed by atoms with van der Waals surface area (Å²) < 4.78 is 22.6. The number of hydrogen-bond donors (Lipinski definition) is 0. The van der Waals surface area contributed by atoms with Crippen LogP contribution in [0.2, 0.25) is 0 Å². The van der Waals surface area contributed by atoms with E-state index in [9.17, 15) is 0 Å². The Hall–Kier alpha value is -3.89. The monoisotopic (exact) mass is 614 g/mol. The summed E-state index contributed by atoms with van der Waals surface area (Å²) >= 11 is 0. The van der Waals surface area contributed by atoms with Crippen LogP contribution in [0, 0.1) is 0 Å². The fourth-order valence-electron chi connectivity index (χ4n) is 6.34. The molecule has 0 fully saturated rings. The predicted molar refractivity (Wildman–Crippen MR) is 188 cm³/mol. The van der Waals surface area contributed by atoms with E-state index >= 15 is 0 Å². The highest BCUT2D eigenvalue weighted by Gasteiger charge is 2.25. The van der Waals surface area contributed by atoms with E-state index in [1.165, 1.54) is 48.6 Å². The van der Waals surface area contributed by atoms with Crippen molar-refractivity contribution in [3.05, 3.63) is 138 Å². The molecule has 0 radical (unpaired) electrons. The van der Waals surface area contributed by atoms with E-state index in [0.717, 1.165) is 22.3 Å². The van der Waals surface area contributed by atoms with E-state index in [-0.39, 0.29) is 0 Å². The van der Waals surface area contributed by atoms with Gasteiger partial charge in [-0.1, -0.05) is 91.0 Å². The topological polar surface area (TPSA) is 36.9 Å². The molecule has 0 amide bonds. The quantitative estimate of drug-likeness (QED) is 0.131. The lowest BCUT2D eigenvalue weighted by Crippen LogP contribution is -2.24. The average molecular weight is 615 g/mol. The summed E-state index contributed by atoms with van der Waals surface area (Å²) in [5.74, 6) is 0. The molecule has 6 aromatic rings. The molecule has 0 aliphatic rings. The standard InChI is InChI=1S/C40H39O4P/c1-41-24-28-18-29(25-42-2)21-34(20-28)45(35-22-30(26-43-3)19-31(23-35)27-44-4)39-17-16-33-11-6-8-14-37(33)40(39)38-15-9-12-32-10-5-7-13-36(32)38/h5-23H,24-27H2,1-4H3. The van der Waals surface area contributed by atoms with Crippen LogP contribution in [0.5, 0.6) is 0 Å². The molecule has 0 spiro atoms. The molecule has 0 heterocycles. The largest absolute Gasteiger partial charge is 0.380 e. The van der Waals surface area contributed by atoms with Crippen LogP contribution in [0.1, 0.15) is 22.3 Å². The van der Waals surface area contributed by atoms with E-state index in [1.807, 2.05) is 0 Å². The molecule has 5 heteroatoms. The molecule has 6 aromatic carbocycles. The SMILES string of the molecule is COCc1cc(COC)cc(P(c2cc(COC)cc(COC)c2)c2ccc3ccccc3c2-c2cccc3ccccc23)c1. The van der Waals surface area contributed by atoms with Crippen molar-refractivity contribution in [1.82, 2.24) is 0 Å². The van der Waals surface area contributed by atoms with Gasteiger partial charge in [-0.3, -0.25) is 0 Å². The highest BCUT2D eigenvalue weighted by molar-refractivity contribution is 7.80. The van der Waals surface area contributed by atoms with Crippen LogP contribution in [-0.4, -0.2) is 28.4 Å². The molecule has 0 aliphatic carbocycles. The summed E-state index contributed by atoms with van der Waals surface area (Å²) in [4.78, 5) is 0. The maximum Gasteiger partial charge on any atom is 0.0713 e. The Bertz CT molecular complexity index is 1820. The summed E-state index contributed by atoms with van der Waals surface area (Å²) in [6, 6.07) is 42.3. The minimum Gasteiger partial charge on any atom is -0.380 e. The first-order valence-electron chi connectivity index (χ1n) is 15.1. The van der Waals surface area contributed by atoms with Crippen LogP contribution < -0.4 is 15.9 Å². The summed E-state index contributed by atoms with van der Waals surface area (Å²) in [5.41, 5.74) is 7.04. The van der Waals surface area contributed by atoms with E-state index in [0.29, 0.717) is 26.4 Å². The summed E-state index contributed by atoms with van der Waals surface area (Å²) in [7, 11) is 5.95. The zero-order chi connectivity index (χ0) is 31.2. The van der Waals surface area contributed by atoms with Gasteiger partial charge in [-0.25, -0.2) is 0 Å². The number of fused-ring (bicyclic) bond motifs is 2. The van der Waals surface area contributed by atoms with Gasteiger partial charge in [0.15, 0.2) is 0 Å². The van der Waals surface area contributed by atoms with Gasteiger partial charge in [-0.2, -0.15) is 0 Å². The first-order valence-corrected chi connectivity index (χ1v) is 16.5. The van der Waals surface area contributed by atoms with Crippen LogP contribution in [-0.2, 0) is 45.4 Å². The molecule has 0 aliphatic heterocycles. The highest BCUT2D eigenvalue weighted by atomic mass is 31.1. The fraction of sp³-hybridized carbons (Fsp3) is 0.200. The Morgan fingerprint density at radius 3 is 1.40 bits per heavy atom. The number of rotatable bonds is 12. The molecule has 0 saturated carbocycles. The third-order valence-corrected chi connectivity index (χ3v) is 10.4. The maximum atomic E-state index is 5.64. The highest BCUT2D eigenvalue weighted by Crippen LogP contribution is 2.43. The van der Waals surface area contributed by atoms with Crippen LogP contribution in [0.3, 0.4) is 0 Å². The van der Waals surface area contributed by atoms with Gasteiger partial charge in [0.25, 0.3) is 0 Å². The third-order valence-electron chi connectivity index (χ3n) is 8.04. The van der Waals surface area contributed by atoms with Gasteiger partial charge in [0, 0.05) is 28.4 Å². The normalized spacial score (nSPS) is 11.6. The van der Waals surface area contributed by atoms with Crippen molar-refractivity contribution in [2.24, 2.45) is 0 Å². The Balaban J connectivity index is 1.72. The van der Waals surface area contributed by atoms with E-state index in [1.54, 1.807) is 28.4 Å². The van der Waals surface area contributed by atoms with E-state index < -0.39 is 7.92 Å². The predicted octanol–water partition coefficient (Wildman–Crippen LogP) is 8.00. The van der Waals surface area contributed by atoms with Crippen LogP contribution in [0.25, 0.3) is 32.7 Å². The van der Waals surface area contributed by atoms with E-state index in [4.69, 9.17) is 18.9 Å². The maximum absolute atomic E-state index is 5.64. The molecular formula is C40H39O4P. The van der Waals surface area contributed by atoms with Crippen LogP contribution in [0.4, 0.5) is 0 Å². The Morgan fingerprint density at radius 1 is 0.444 bits per heavy atom. The van der Waals surface area contributed by atoms with Crippen molar-refractivity contribution in [3.63, 3.8) is 0 Å². The molecular weight excluding hydrogens is 575 g/mol. The number of benzene rings is 6. The van der Waals surface area contributed by atoms with Gasteiger partial charge in [0.05, 0.1) is 26.4 Å². The van der Waals surface area contributed by atoms with Crippen molar-refractivity contribution < 1.29 is 18.9 Å². The van der Waals surface area contributed by atoms with E-state index in [2.05, 4.69) is 115 Å². The van der Waals surface area contributed by atoms with Gasteiger partial charge in [-0.05, 0) is 103 Å². The second-order valence-corrected chi connectivity index (χ2v) is 13.5. The lowest BCUT2D eigenvalue weighted by Gasteiger charge is -2.26. The first-order chi connectivity index (χ1) is 22.1. The van der Waals surface area contributed by atoms with Gasteiger partial charge < -0.3 is 18.9 Å². The van der Waals surface area contributed by atoms with Crippen LogP contribution >= 0.6 is 7.92 Å². The molecule has 0 N–H and O–H groups in total. The van der Waals surface area contributed by atoms with Crippen molar-refractivity contribution in [3.8, 4) is 11.1 Å². The first kappa shape index (κ1) is 31.1. The molecule has 0 aromatic heterocycles. The van der Waals surface area contributed by atoms with Gasteiger partial charge in [0.1, 0.15) is 0 Å². The zero-order valence-electron chi connectivity index (χ0n) is 26.4. The fourth-order valence-corrected chi connectivity index (χ4v) is 9.07. The summed E-state index contributed by atoms with van der Waals surface area (Å²) in [6.45, 7) is 2.11. The molecule has 0 bridgehead atoms. The third kappa shape index (κ3) is 6.72. The molecule has 4 nitrogen and oxygen atoms in total. The van der Waals surface area contributed by atoms with Crippen molar-refractivity contribution in [2.45, 2.75) is 26.4 Å². The molecule has 6 rings (SSSR count). The molecule has 0 unspecified atom stereocenters. The van der Waals surface area contributed by atoms with Gasteiger partial charge in [-0.15, -0.1) is 0 Å². The average Bonchev–Trinajstić information content (AvgIpc) is 3.05. The van der Waals surface area contributed by atoms with Crippen LogP contribution in [0.15, 0.2) is 115 Å². The summed E-state index contributed by atoms with van der Waals surface area (Å²) in [6.07, 6.45) is 0.